The van der Waals surface area contributed by atoms with Crippen molar-refractivity contribution in [1.29, 1.82) is 5.41 Å². The first-order valence-corrected chi connectivity index (χ1v) is 2.77. The number of hydroxylamine groups is 1. The van der Waals surface area contributed by atoms with Gasteiger partial charge in [0.1, 0.15) is 0 Å². The zero-order valence-corrected chi connectivity index (χ0v) is 5.63. The van der Waals surface area contributed by atoms with Crippen LogP contribution in [0.3, 0.4) is 0 Å². The number of hydrogen-bond donors (Lipinski definition) is 4. The van der Waals surface area contributed by atoms with Gasteiger partial charge in [-0.15, -0.1) is 0 Å². The van der Waals surface area contributed by atoms with Crippen LogP contribution in [0.4, 0.5) is 0 Å². The van der Waals surface area contributed by atoms with E-state index in [4.69, 9.17) is 15.7 Å². The van der Waals surface area contributed by atoms with Crippen molar-refractivity contribution in [3.05, 3.63) is 0 Å². The minimum Gasteiger partial charge on any atom is -0.481 e. The van der Waals surface area contributed by atoms with E-state index in [0.717, 1.165) is 0 Å². The second kappa shape index (κ2) is 4.53. The number of aliphatic carboxylic acids is 1. The lowest BCUT2D eigenvalue weighted by molar-refractivity contribution is -0.136. The molecule has 11 heavy (non-hydrogen) atoms. The monoisotopic (exact) mass is 160 g/mol. The van der Waals surface area contributed by atoms with Gasteiger partial charge in [0.15, 0.2) is 5.78 Å². The van der Waals surface area contributed by atoms with E-state index in [9.17, 15) is 9.59 Å². The number of hydrogen-bond acceptors (Lipinski definition) is 5. The summed E-state index contributed by atoms with van der Waals surface area (Å²) in [5, 5.41) is 23.0. The molecule has 0 fully saturated rings. The molecule has 0 aromatic carbocycles. The van der Waals surface area contributed by atoms with E-state index in [1.165, 1.54) is 5.48 Å². The van der Waals surface area contributed by atoms with E-state index in [2.05, 4.69) is 0 Å². The molecule has 0 aromatic heterocycles. The normalized spacial score (nSPS) is 9.18. The van der Waals surface area contributed by atoms with Crippen molar-refractivity contribution >= 4 is 17.5 Å². The van der Waals surface area contributed by atoms with Crippen LogP contribution in [0.1, 0.15) is 6.42 Å². The topological polar surface area (TPSA) is 110 Å². The zero-order chi connectivity index (χ0) is 8.85. The fourth-order valence-electron chi connectivity index (χ4n) is 0.428. The standard InChI is InChI=1S/C5H8N2O4/c6-3(1-5(9)10)4(8)2-7-11/h6-7,11H,1-2H2,(H,9,10). The second-order valence-electron chi connectivity index (χ2n) is 1.81. The molecular formula is C5H8N2O4. The zero-order valence-electron chi connectivity index (χ0n) is 5.63. The predicted molar refractivity (Wildman–Crippen MR) is 34.8 cm³/mol. The molecule has 62 valence electrons. The number of rotatable bonds is 5. The molecule has 0 heterocycles. The first-order chi connectivity index (χ1) is 5.07. The van der Waals surface area contributed by atoms with Crippen LogP contribution in [0.25, 0.3) is 0 Å². The predicted octanol–water partition coefficient (Wildman–Crippen LogP) is -0.971. The highest BCUT2D eigenvalue weighted by molar-refractivity contribution is 6.41. The van der Waals surface area contributed by atoms with E-state index in [1.54, 1.807) is 0 Å². The van der Waals surface area contributed by atoms with Crippen LogP contribution in [0, 0.1) is 5.41 Å². The van der Waals surface area contributed by atoms with Gasteiger partial charge in [0.2, 0.25) is 0 Å². The lowest BCUT2D eigenvalue weighted by Crippen LogP contribution is -2.27. The van der Waals surface area contributed by atoms with Gasteiger partial charge in [-0.2, -0.15) is 5.48 Å². The van der Waals surface area contributed by atoms with Crippen molar-refractivity contribution in [3.63, 3.8) is 0 Å². The van der Waals surface area contributed by atoms with Crippen molar-refractivity contribution in [2.45, 2.75) is 6.42 Å². The molecule has 6 nitrogen and oxygen atoms in total. The van der Waals surface area contributed by atoms with E-state index >= 15 is 0 Å². The van der Waals surface area contributed by atoms with Crippen LogP contribution in [0.15, 0.2) is 0 Å². The smallest absolute Gasteiger partial charge is 0.309 e. The molecule has 4 N–H and O–H groups in total. The minimum absolute atomic E-state index is 0.424. The summed E-state index contributed by atoms with van der Waals surface area (Å²) in [6.45, 7) is -0.424. The molecule has 0 aliphatic heterocycles. The van der Waals surface area contributed by atoms with Gasteiger partial charge in [0.25, 0.3) is 0 Å². The number of nitrogens with one attached hydrogen (secondary N) is 2. The summed E-state index contributed by atoms with van der Waals surface area (Å²) < 4.78 is 0. The Bertz CT molecular complexity index is 189. The molecule has 0 aromatic rings. The van der Waals surface area contributed by atoms with Crippen molar-refractivity contribution in [2.24, 2.45) is 0 Å². The molecule has 0 bridgehead atoms. The number of carbonyl (C=O) groups excluding carboxylic acids is 1. The summed E-state index contributed by atoms with van der Waals surface area (Å²) in [5.74, 6) is -1.96. The average molecular weight is 160 g/mol. The summed E-state index contributed by atoms with van der Waals surface area (Å²) in [5.41, 5.74) is 1.01. The van der Waals surface area contributed by atoms with E-state index in [-0.39, 0.29) is 0 Å². The largest absolute Gasteiger partial charge is 0.481 e. The highest BCUT2D eigenvalue weighted by Crippen LogP contribution is 1.85. The van der Waals surface area contributed by atoms with Crippen LogP contribution in [0.2, 0.25) is 0 Å². The fourth-order valence-corrected chi connectivity index (χ4v) is 0.428. The number of carboxylic acids is 1. The van der Waals surface area contributed by atoms with Gasteiger partial charge >= 0.3 is 5.97 Å². The SMILES string of the molecule is N=C(CC(=O)O)C(=O)CNO. The fraction of sp³-hybridized carbons (Fsp3) is 0.400. The quantitative estimate of drug-likeness (QED) is 0.305. The van der Waals surface area contributed by atoms with E-state index < -0.39 is 30.4 Å². The molecule has 0 aliphatic carbocycles. The number of carbonyl (C=O) groups is 2. The van der Waals surface area contributed by atoms with Crippen LogP contribution < -0.4 is 5.48 Å². The minimum atomic E-state index is -1.23. The van der Waals surface area contributed by atoms with Gasteiger partial charge < -0.3 is 15.7 Å². The molecule has 0 amide bonds. The molecule has 0 unspecified atom stereocenters. The first kappa shape index (κ1) is 9.73. The molecule has 0 rings (SSSR count). The summed E-state index contributed by atoms with van der Waals surface area (Å²) in [7, 11) is 0. The Morgan fingerprint density at radius 2 is 2.00 bits per heavy atom. The maximum Gasteiger partial charge on any atom is 0.309 e. The van der Waals surface area contributed by atoms with Gasteiger partial charge in [-0.1, -0.05) is 0 Å². The van der Waals surface area contributed by atoms with E-state index in [1.807, 2.05) is 0 Å². The van der Waals surface area contributed by atoms with Gasteiger partial charge in [-0.05, 0) is 0 Å². The maximum atomic E-state index is 10.6. The molecule has 0 aliphatic rings. The van der Waals surface area contributed by atoms with Crippen molar-refractivity contribution in [3.8, 4) is 0 Å². The Hall–Kier alpha value is -1.27. The third-order valence-corrected chi connectivity index (χ3v) is 0.904. The van der Waals surface area contributed by atoms with Gasteiger partial charge in [0, 0.05) is 0 Å². The third kappa shape index (κ3) is 4.18. The summed E-state index contributed by atoms with van der Waals surface area (Å²) >= 11 is 0. The third-order valence-electron chi connectivity index (χ3n) is 0.904. The number of carboxylic acid groups (broad SMARTS) is 1. The Morgan fingerprint density at radius 1 is 1.45 bits per heavy atom. The Balaban J connectivity index is 3.83. The Morgan fingerprint density at radius 3 is 2.36 bits per heavy atom. The lowest BCUT2D eigenvalue weighted by Gasteiger charge is -1.97. The molecule has 6 heteroatoms. The van der Waals surface area contributed by atoms with Crippen LogP contribution >= 0.6 is 0 Å². The summed E-state index contributed by atoms with van der Waals surface area (Å²) in [6, 6.07) is 0. The van der Waals surface area contributed by atoms with Crippen molar-refractivity contribution in [1.82, 2.24) is 5.48 Å². The molecule has 0 saturated heterocycles. The van der Waals surface area contributed by atoms with E-state index in [0.29, 0.717) is 0 Å². The maximum absolute atomic E-state index is 10.6. The van der Waals surface area contributed by atoms with Gasteiger partial charge in [-0.25, -0.2) is 0 Å². The highest BCUT2D eigenvalue weighted by Gasteiger charge is 2.11. The average Bonchev–Trinajstić information content (AvgIpc) is 1.86. The molecule has 0 saturated carbocycles. The summed E-state index contributed by atoms with van der Waals surface area (Å²) in [4.78, 5) is 20.5. The second-order valence-corrected chi connectivity index (χ2v) is 1.81. The number of ketones is 1. The van der Waals surface area contributed by atoms with Crippen molar-refractivity contribution < 1.29 is 19.9 Å². The van der Waals surface area contributed by atoms with Gasteiger partial charge in [-0.3, -0.25) is 9.59 Å². The van der Waals surface area contributed by atoms with Crippen LogP contribution in [-0.4, -0.2) is 34.3 Å². The lowest BCUT2D eigenvalue weighted by atomic mass is 10.2. The van der Waals surface area contributed by atoms with Gasteiger partial charge in [0.05, 0.1) is 18.7 Å². The first-order valence-electron chi connectivity index (χ1n) is 2.77. The molecule has 0 atom stereocenters. The summed E-state index contributed by atoms with van der Waals surface area (Å²) in [6.07, 6.45) is -0.611. The molecular weight excluding hydrogens is 152 g/mol. The molecule has 0 radical (unpaired) electrons. The Labute approximate surface area is 62.3 Å². The molecule has 0 spiro atoms. The van der Waals surface area contributed by atoms with Crippen LogP contribution in [0.5, 0.6) is 0 Å². The number of Topliss-reactive ketones (excluding diaryl/α,β-unsaturated/α-hetero) is 1. The Kier molecular flexibility index (Phi) is 4.01. The highest BCUT2D eigenvalue weighted by atomic mass is 16.5. The van der Waals surface area contributed by atoms with Crippen LogP contribution in [-0.2, 0) is 9.59 Å². The van der Waals surface area contributed by atoms with Crippen molar-refractivity contribution in [2.75, 3.05) is 6.54 Å².